The molecule has 26 heavy (non-hydrogen) atoms. The molecule has 0 aliphatic carbocycles. The van der Waals surface area contributed by atoms with Crippen LogP contribution in [0.25, 0.3) is 10.8 Å². The minimum absolute atomic E-state index is 0.0758. The van der Waals surface area contributed by atoms with E-state index < -0.39 is 0 Å². The summed E-state index contributed by atoms with van der Waals surface area (Å²) in [4.78, 5) is 18.4. The number of hydrogen-bond acceptors (Lipinski definition) is 6. The normalized spacial score (nSPS) is 17.7. The number of rotatable bonds is 5. The molecule has 1 fully saturated rings. The maximum absolute atomic E-state index is 12.8. The second-order valence-electron chi connectivity index (χ2n) is 6.59. The van der Waals surface area contributed by atoms with Gasteiger partial charge in [-0.15, -0.1) is 11.3 Å². The Bertz CT molecular complexity index is 932. The Labute approximate surface area is 155 Å². The number of piperidine rings is 1. The molecule has 0 unspecified atom stereocenters. The number of hydrogen-bond donors (Lipinski definition) is 1. The van der Waals surface area contributed by atoms with E-state index in [1.54, 1.807) is 15.9 Å². The monoisotopic (exact) mass is 373 g/mol. The molecule has 0 spiro atoms. The molecular weight excluding hydrogens is 350 g/mol. The topological polar surface area (TPSA) is 77.9 Å². The van der Waals surface area contributed by atoms with E-state index in [1.165, 1.54) is 4.68 Å². The smallest absolute Gasteiger partial charge is 0.346 e. The third-order valence-electron chi connectivity index (χ3n) is 4.85. The molecule has 0 amide bonds. The molecule has 3 aromatic rings. The zero-order valence-electron chi connectivity index (χ0n) is 15.1. The van der Waals surface area contributed by atoms with Crippen molar-refractivity contribution in [3.8, 4) is 10.8 Å². The summed E-state index contributed by atoms with van der Waals surface area (Å²) < 4.78 is 9.10. The zero-order valence-corrected chi connectivity index (χ0v) is 15.9. The summed E-state index contributed by atoms with van der Waals surface area (Å²) in [6.45, 7) is 6.75. The summed E-state index contributed by atoms with van der Waals surface area (Å²) in [5, 5.41) is 10.1. The van der Waals surface area contributed by atoms with Gasteiger partial charge in [0.25, 0.3) is 0 Å². The first-order valence-electron chi connectivity index (χ1n) is 9.05. The van der Waals surface area contributed by atoms with Crippen LogP contribution in [0.2, 0.25) is 0 Å². The van der Waals surface area contributed by atoms with Crippen molar-refractivity contribution in [3.05, 3.63) is 45.3 Å². The van der Waals surface area contributed by atoms with Crippen LogP contribution < -0.4 is 11.0 Å². The van der Waals surface area contributed by atoms with Crippen molar-refractivity contribution < 1.29 is 4.42 Å². The second kappa shape index (κ2) is 7.20. The van der Waals surface area contributed by atoms with E-state index in [9.17, 15) is 4.79 Å². The van der Waals surface area contributed by atoms with Gasteiger partial charge in [0.15, 0.2) is 0 Å². The average molecular weight is 373 g/mol. The number of nitrogens with zero attached hydrogens (tertiary/aromatic N) is 4. The fourth-order valence-electron chi connectivity index (χ4n) is 3.45. The lowest BCUT2D eigenvalue weighted by molar-refractivity contribution is 0.431. The first-order valence-corrected chi connectivity index (χ1v) is 9.93. The fraction of sp³-hybridized carbons (Fsp3) is 0.500. The number of nitrogens with one attached hydrogen (secondary N) is 1. The number of aromatic nitrogens is 4. The lowest BCUT2D eigenvalue weighted by Crippen LogP contribution is -2.31. The molecule has 4 heterocycles. The molecule has 7 nitrogen and oxygen atoms in total. The van der Waals surface area contributed by atoms with Crippen molar-refractivity contribution in [2.24, 2.45) is 0 Å². The lowest BCUT2D eigenvalue weighted by atomic mass is 9.99. The van der Waals surface area contributed by atoms with Gasteiger partial charge in [-0.05, 0) is 44.7 Å². The Balaban J connectivity index is 1.64. The maximum Gasteiger partial charge on any atom is 0.346 e. The predicted molar refractivity (Wildman–Crippen MR) is 101 cm³/mol. The molecule has 0 aromatic carbocycles. The highest BCUT2D eigenvalue weighted by atomic mass is 32.1. The van der Waals surface area contributed by atoms with E-state index in [1.807, 2.05) is 31.4 Å². The standard InChI is InChI=1S/C18H23N5O2S/c1-3-22-16(13-6-4-8-19-10-13)21-23(18(22)24)11-14-12(2)25-17(20-14)15-7-5-9-26-15/h5,7,9,13,19H,3-4,6,8,10-11H2,1-2H3/t13-/m0/s1. The summed E-state index contributed by atoms with van der Waals surface area (Å²) in [5.74, 6) is 2.50. The maximum atomic E-state index is 12.8. The van der Waals surface area contributed by atoms with Crippen LogP contribution in [0, 0.1) is 6.92 Å². The Morgan fingerprint density at radius 2 is 2.35 bits per heavy atom. The molecule has 0 saturated carbocycles. The molecule has 1 atom stereocenters. The van der Waals surface area contributed by atoms with E-state index in [-0.39, 0.29) is 11.6 Å². The molecular formula is C18H23N5O2S. The largest absolute Gasteiger partial charge is 0.440 e. The van der Waals surface area contributed by atoms with E-state index in [4.69, 9.17) is 4.42 Å². The van der Waals surface area contributed by atoms with Crippen LogP contribution in [-0.4, -0.2) is 32.4 Å². The number of aryl methyl sites for hydroxylation is 1. The van der Waals surface area contributed by atoms with E-state index in [0.717, 1.165) is 48.1 Å². The first kappa shape index (κ1) is 17.2. The lowest BCUT2D eigenvalue weighted by Gasteiger charge is -2.21. The zero-order chi connectivity index (χ0) is 18.1. The molecule has 4 rings (SSSR count). The van der Waals surface area contributed by atoms with Gasteiger partial charge in [0.05, 0.1) is 11.4 Å². The number of thiophene rings is 1. The minimum atomic E-state index is -0.0758. The van der Waals surface area contributed by atoms with Crippen molar-refractivity contribution >= 4 is 11.3 Å². The summed E-state index contributed by atoms with van der Waals surface area (Å²) in [6, 6.07) is 3.95. The fourth-order valence-corrected chi connectivity index (χ4v) is 4.10. The van der Waals surface area contributed by atoms with Crippen LogP contribution in [0.3, 0.4) is 0 Å². The van der Waals surface area contributed by atoms with Gasteiger partial charge in [-0.2, -0.15) is 5.10 Å². The van der Waals surface area contributed by atoms with Gasteiger partial charge in [0.1, 0.15) is 17.3 Å². The number of oxazole rings is 1. The van der Waals surface area contributed by atoms with Crippen LogP contribution in [0.15, 0.2) is 26.7 Å². The molecule has 138 valence electrons. The van der Waals surface area contributed by atoms with Crippen LogP contribution in [0.5, 0.6) is 0 Å². The summed E-state index contributed by atoms with van der Waals surface area (Å²) in [7, 11) is 0. The molecule has 0 bridgehead atoms. The summed E-state index contributed by atoms with van der Waals surface area (Å²) in [6.07, 6.45) is 2.18. The Kier molecular flexibility index (Phi) is 4.78. The highest BCUT2D eigenvalue weighted by Gasteiger charge is 2.24. The van der Waals surface area contributed by atoms with Gasteiger partial charge >= 0.3 is 5.69 Å². The first-order chi connectivity index (χ1) is 12.7. The quantitative estimate of drug-likeness (QED) is 0.744. The third kappa shape index (κ3) is 3.14. The SMILES string of the molecule is CCn1c([C@H]2CCCNC2)nn(Cc2nc(-c3cccs3)oc2C)c1=O. The Morgan fingerprint density at radius 1 is 1.46 bits per heavy atom. The molecule has 1 saturated heterocycles. The van der Waals surface area contributed by atoms with Crippen molar-refractivity contribution in [2.75, 3.05) is 13.1 Å². The van der Waals surface area contributed by atoms with Gasteiger partial charge < -0.3 is 9.73 Å². The van der Waals surface area contributed by atoms with Crippen molar-refractivity contribution in [1.29, 1.82) is 0 Å². The highest BCUT2D eigenvalue weighted by molar-refractivity contribution is 7.13. The van der Waals surface area contributed by atoms with Crippen LogP contribution in [-0.2, 0) is 13.1 Å². The predicted octanol–water partition coefficient (Wildman–Crippen LogP) is 2.60. The summed E-state index contributed by atoms with van der Waals surface area (Å²) >= 11 is 1.59. The second-order valence-corrected chi connectivity index (χ2v) is 7.53. The summed E-state index contributed by atoms with van der Waals surface area (Å²) in [5.41, 5.74) is 0.678. The average Bonchev–Trinajstić information content (AvgIpc) is 3.37. The van der Waals surface area contributed by atoms with Crippen LogP contribution in [0.4, 0.5) is 0 Å². The van der Waals surface area contributed by atoms with Crippen molar-refractivity contribution in [1.82, 2.24) is 24.6 Å². The molecule has 1 aliphatic heterocycles. The van der Waals surface area contributed by atoms with Gasteiger partial charge in [-0.25, -0.2) is 14.5 Å². The molecule has 0 radical (unpaired) electrons. The van der Waals surface area contributed by atoms with E-state index >= 15 is 0 Å². The van der Waals surface area contributed by atoms with Gasteiger partial charge in [-0.1, -0.05) is 6.07 Å². The van der Waals surface area contributed by atoms with E-state index in [0.29, 0.717) is 19.0 Å². The highest BCUT2D eigenvalue weighted by Crippen LogP contribution is 2.26. The molecule has 8 heteroatoms. The third-order valence-corrected chi connectivity index (χ3v) is 5.71. The van der Waals surface area contributed by atoms with Crippen molar-refractivity contribution in [3.63, 3.8) is 0 Å². The Morgan fingerprint density at radius 3 is 3.04 bits per heavy atom. The van der Waals surface area contributed by atoms with E-state index in [2.05, 4.69) is 15.4 Å². The minimum Gasteiger partial charge on any atom is -0.440 e. The van der Waals surface area contributed by atoms with Crippen molar-refractivity contribution in [2.45, 2.75) is 45.7 Å². The molecule has 3 aromatic heterocycles. The molecule has 1 N–H and O–H groups in total. The van der Waals surface area contributed by atoms with Crippen LogP contribution in [0.1, 0.15) is 43.0 Å². The van der Waals surface area contributed by atoms with Gasteiger partial charge in [-0.3, -0.25) is 4.57 Å². The van der Waals surface area contributed by atoms with Gasteiger partial charge in [0.2, 0.25) is 5.89 Å². The molecule has 1 aliphatic rings. The Hall–Kier alpha value is -2.19. The van der Waals surface area contributed by atoms with Crippen LogP contribution >= 0.6 is 11.3 Å². The van der Waals surface area contributed by atoms with Gasteiger partial charge in [0, 0.05) is 19.0 Å².